The molecule has 1 aliphatic rings. The molecule has 0 aliphatic carbocycles. The molecule has 1 aliphatic heterocycles. The van der Waals surface area contributed by atoms with Crippen LogP contribution >= 0.6 is 11.3 Å². The SMILES string of the molecule is COc1ccc([C@H]2C(C(C)=O)=C(C)N=c3s/c(=C\c4cc(C)c(OC)cc4C)c(=O)n32)c(OC)c1. The number of aromatic nitrogens is 1. The van der Waals surface area contributed by atoms with Crippen molar-refractivity contribution >= 4 is 23.2 Å². The van der Waals surface area contributed by atoms with Crippen LogP contribution in [0.15, 0.2) is 51.4 Å². The number of rotatable bonds is 6. The van der Waals surface area contributed by atoms with Crippen LogP contribution in [0.2, 0.25) is 0 Å². The molecular weight excluding hydrogens is 464 g/mol. The Balaban J connectivity index is 1.99. The van der Waals surface area contributed by atoms with E-state index in [1.807, 2.05) is 38.1 Å². The van der Waals surface area contributed by atoms with Crippen molar-refractivity contribution in [2.75, 3.05) is 21.3 Å². The van der Waals surface area contributed by atoms with Crippen molar-refractivity contribution in [2.24, 2.45) is 4.99 Å². The van der Waals surface area contributed by atoms with E-state index >= 15 is 0 Å². The minimum absolute atomic E-state index is 0.148. The molecule has 8 heteroatoms. The maximum Gasteiger partial charge on any atom is 0.271 e. The number of nitrogens with zero attached hydrogens (tertiary/aromatic N) is 2. The van der Waals surface area contributed by atoms with Gasteiger partial charge in [-0.15, -0.1) is 0 Å². The normalized spacial score (nSPS) is 15.5. The van der Waals surface area contributed by atoms with Gasteiger partial charge in [0.1, 0.15) is 17.2 Å². The van der Waals surface area contributed by atoms with E-state index in [-0.39, 0.29) is 11.3 Å². The maximum absolute atomic E-state index is 13.8. The third-order valence-corrected chi connectivity index (χ3v) is 7.19. The van der Waals surface area contributed by atoms with Gasteiger partial charge in [-0.2, -0.15) is 0 Å². The summed E-state index contributed by atoms with van der Waals surface area (Å²) in [4.78, 5) is 31.7. The first-order valence-corrected chi connectivity index (χ1v) is 11.9. The summed E-state index contributed by atoms with van der Waals surface area (Å²) in [7, 11) is 4.77. The predicted molar refractivity (Wildman–Crippen MR) is 136 cm³/mol. The van der Waals surface area contributed by atoms with Crippen molar-refractivity contribution in [1.82, 2.24) is 4.57 Å². The van der Waals surface area contributed by atoms with Gasteiger partial charge in [0.15, 0.2) is 10.6 Å². The van der Waals surface area contributed by atoms with Crippen LogP contribution in [0.25, 0.3) is 6.08 Å². The zero-order valence-corrected chi connectivity index (χ0v) is 21.7. The number of Topliss-reactive ketones (excluding diaryl/α,β-unsaturated/α-hetero) is 1. The summed E-state index contributed by atoms with van der Waals surface area (Å²) in [5.41, 5.74) is 4.43. The van der Waals surface area contributed by atoms with Gasteiger partial charge in [0.2, 0.25) is 0 Å². The number of thiazole rings is 1. The quantitative estimate of drug-likeness (QED) is 0.527. The number of methoxy groups -OCH3 is 3. The summed E-state index contributed by atoms with van der Waals surface area (Å²) in [6.45, 7) is 7.24. The van der Waals surface area contributed by atoms with Gasteiger partial charge in [-0.05, 0) is 74.7 Å². The highest BCUT2D eigenvalue weighted by Crippen LogP contribution is 2.37. The summed E-state index contributed by atoms with van der Waals surface area (Å²) < 4.78 is 18.5. The zero-order chi connectivity index (χ0) is 25.4. The number of fused-ring (bicyclic) bond motifs is 1. The van der Waals surface area contributed by atoms with E-state index in [1.165, 1.54) is 18.3 Å². The van der Waals surface area contributed by atoms with Crippen LogP contribution in [0.4, 0.5) is 0 Å². The van der Waals surface area contributed by atoms with Crippen molar-refractivity contribution < 1.29 is 19.0 Å². The first-order valence-electron chi connectivity index (χ1n) is 11.1. The summed E-state index contributed by atoms with van der Waals surface area (Å²) in [5, 5.41) is 0. The van der Waals surface area contributed by atoms with Crippen molar-refractivity contribution in [3.8, 4) is 17.2 Å². The third kappa shape index (κ3) is 4.30. The van der Waals surface area contributed by atoms with E-state index in [0.29, 0.717) is 37.7 Å². The maximum atomic E-state index is 13.8. The Hall–Kier alpha value is -3.65. The topological polar surface area (TPSA) is 79.1 Å². The minimum atomic E-state index is -0.662. The van der Waals surface area contributed by atoms with Crippen LogP contribution in [-0.4, -0.2) is 31.7 Å². The molecule has 1 aromatic heterocycles. The Kier molecular flexibility index (Phi) is 6.67. The lowest BCUT2D eigenvalue weighted by atomic mass is 9.92. The fourth-order valence-electron chi connectivity index (χ4n) is 4.44. The van der Waals surface area contributed by atoms with Crippen LogP contribution in [0.1, 0.15) is 42.1 Å². The van der Waals surface area contributed by atoms with Crippen molar-refractivity contribution in [3.63, 3.8) is 0 Å². The molecule has 7 nitrogen and oxygen atoms in total. The molecule has 0 fully saturated rings. The average Bonchev–Trinajstić information content (AvgIpc) is 3.13. The average molecular weight is 493 g/mol. The van der Waals surface area contributed by atoms with Gasteiger partial charge in [-0.25, -0.2) is 4.99 Å². The van der Waals surface area contributed by atoms with Gasteiger partial charge in [0.05, 0.1) is 31.9 Å². The van der Waals surface area contributed by atoms with Crippen molar-refractivity contribution in [1.29, 1.82) is 0 Å². The van der Waals surface area contributed by atoms with E-state index in [1.54, 1.807) is 45.0 Å². The number of hydrogen-bond donors (Lipinski definition) is 0. The molecule has 35 heavy (non-hydrogen) atoms. The van der Waals surface area contributed by atoms with Gasteiger partial charge >= 0.3 is 0 Å². The molecule has 4 rings (SSSR count). The molecule has 2 aromatic carbocycles. The molecule has 0 amide bonds. The number of benzene rings is 2. The molecule has 0 radical (unpaired) electrons. The van der Waals surface area contributed by atoms with Crippen LogP contribution in [-0.2, 0) is 4.79 Å². The Bertz CT molecular complexity index is 1540. The molecule has 0 bridgehead atoms. The second-order valence-corrected chi connectivity index (χ2v) is 9.43. The standard InChI is InChI=1S/C27H28N2O5S/c1-14-11-21(33-6)15(2)10-18(14)12-23-26(31)29-25(20-9-8-19(32-5)13-22(20)34-7)24(17(4)30)16(3)28-27(29)35-23/h8-13,25H,1-7H3/b23-12-/t25-/m0/s1. The fourth-order valence-corrected chi connectivity index (χ4v) is 5.48. The molecule has 0 saturated heterocycles. The number of allylic oxidation sites excluding steroid dienone is 2. The Morgan fingerprint density at radius 3 is 2.34 bits per heavy atom. The number of hydrogen-bond acceptors (Lipinski definition) is 7. The first kappa shape index (κ1) is 24.5. The van der Waals surface area contributed by atoms with E-state index < -0.39 is 6.04 Å². The van der Waals surface area contributed by atoms with E-state index in [4.69, 9.17) is 14.2 Å². The van der Waals surface area contributed by atoms with Gasteiger partial charge in [0.25, 0.3) is 5.56 Å². The molecule has 0 unspecified atom stereocenters. The van der Waals surface area contributed by atoms with Crippen LogP contribution in [0.5, 0.6) is 17.2 Å². The molecule has 3 aromatic rings. The summed E-state index contributed by atoms with van der Waals surface area (Å²) in [5.74, 6) is 1.80. The summed E-state index contributed by atoms with van der Waals surface area (Å²) in [6.07, 6.45) is 1.88. The number of aryl methyl sites for hydroxylation is 2. The van der Waals surface area contributed by atoms with Crippen LogP contribution in [0, 0.1) is 13.8 Å². The second kappa shape index (κ2) is 9.54. The monoisotopic (exact) mass is 492 g/mol. The summed E-state index contributed by atoms with van der Waals surface area (Å²) >= 11 is 1.30. The Morgan fingerprint density at radius 1 is 1.00 bits per heavy atom. The second-order valence-electron chi connectivity index (χ2n) is 8.42. The van der Waals surface area contributed by atoms with E-state index in [9.17, 15) is 9.59 Å². The lowest BCUT2D eigenvalue weighted by molar-refractivity contribution is -0.114. The van der Waals surface area contributed by atoms with Crippen LogP contribution in [0.3, 0.4) is 0 Å². The lowest BCUT2D eigenvalue weighted by Gasteiger charge is -2.26. The molecule has 0 N–H and O–H groups in total. The zero-order valence-electron chi connectivity index (χ0n) is 20.9. The minimum Gasteiger partial charge on any atom is -0.497 e. The molecule has 0 spiro atoms. The van der Waals surface area contributed by atoms with Gasteiger partial charge in [0, 0.05) is 22.9 Å². The Morgan fingerprint density at radius 2 is 1.71 bits per heavy atom. The number of ketones is 1. The molecule has 2 heterocycles. The van der Waals surface area contributed by atoms with Gasteiger partial charge < -0.3 is 14.2 Å². The molecule has 1 atom stereocenters. The largest absolute Gasteiger partial charge is 0.497 e. The van der Waals surface area contributed by atoms with Crippen LogP contribution < -0.4 is 29.1 Å². The summed E-state index contributed by atoms with van der Waals surface area (Å²) in [6, 6.07) is 8.68. The van der Waals surface area contributed by atoms with Crippen molar-refractivity contribution in [2.45, 2.75) is 33.7 Å². The number of carbonyl (C=O) groups is 1. The number of carbonyl (C=O) groups excluding carboxylic acids is 1. The Labute approximate surface area is 207 Å². The molecule has 0 saturated carbocycles. The first-order chi connectivity index (χ1) is 16.7. The highest BCUT2D eigenvalue weighted by molar-refractivity contribution is 7.07. The highest BCUT2D eigenvalue weighted by atomic mass is 32.1. The molecule has 182 valence electrons. The third-order valence-electron chi connectivity index (χ3n) is 6.21. The fraction of sp³-hybridized carbons (Fsp3) is 0.296. The highest BCUT2D eigenvalue weighted by Gasteiger charge is 2.32. The van der Waals surface area contributed by atoms with Gasteiger partial charge in [-0.1, -0.05) is 11.3 Å². The smallest absolute Gasteiger partial charge is 0.271 e. The number of ether oxygens (including phenoxy) is 3. The molecular formula is C27H28N2O5S. The van der Waals surface area contributed by atoms with E-state index in [0.717, 1.165) is 22.4 Å². The predicted octanol–water partition coefficient (Wildman–Crippen LogP) is 3.47. The van der Waals surface area contributed by atoms with E-state index in [2.05, 4.69) is 4.99 Å². The lowest BCUT2D eigenvalue weighted by Crippen LogP contribution is -2.39. The van der Waals surface area contributed by atoms with Crippen molar-refractivity contribution in [3.05, 3.63) is 83.5 Å². The van der Waals surface area contributed by atoms with Gasteiger partial charge in [-0.3, -0.25) is 14.2 Å².